The average Bonchev–Trinajstić information content (AvgIpc) is 2.65. The van der Waals surface area contributed by atoms with Crippen molar-refractivity contribution in [3.05, 3.63) is 63.6 Å². The molecular formula is C23H28Cl2N2O3. The summed E-state index contributed by atoms with van der Waals surface area (Å²) in [6, 6.07) is 11.8. The van der Waals surface area contributed by atoms with Gasteiger partial charge in [0.2, 0.25) is 5.91 Å². The van der Waals surface area contributed by atoms with Gasteiger partial charge in [-0.2, -0.15) is 0 Å². The van der Waals surface area contributed by atoms with Gasteiger partial charge in [0.25, 0.3) is 5.91 Å². The van der Waals surface area contributed by atoms with Crippen LogP contribution in [0.25, 0.3) is 0 Å². The maximum Gasteiger partial charge on any atom is 0.261 e. The molecular weight excluding hydrogens is 423 g/mol. The summed E-state index contributed by atoms with van der Waals surface area (Å²) in [5, 5.41) is 3.85. The summed E-state index contributed by atoms with van der Waals surface area (Å²) in [4.78, 5) is 27.2. The van der Waals surface area contributed by atoms with E-state index in [2.05, 4.69) is 5.32 Å². The van der Waals surface area contributed by atoms with Crippen molar-refractivity contribution < 1.29 is 14.3 Å². The van der Waals surface area contributed by atoms with Gasteiger partial charge in [0, 0.05) is 22.1 Å². The first-order valence-corrected chi connectivity index (χ1v) is 10.5. The van der Waals surface area contributed by atoms with Crippen LogP contribution in [0, 0.1) is 6.92 Å². The van der Waals surface area contributed by atoms with Crippen LogP contribution in [-0.2, 0) is 16.1 Å². The molecule has 0 heterocycles. The van der Waals surface area contributed by atoms with E-state index in [0.29, 0.717) is 21.4 Å². The number of amides is 2. The highest BCUT2D eigenvalue weighted by Gasteiger charge is 2.29. The topological polar surface area (TPSA) is 58.6 Å². The number of halogens is 2. The van der Waals surface area contributed by atoms with Crippen molar-refractivity contribution in [3.8, 4) is 5.75 Å². The minimum absolute atomic E-state index is 0.158. The van der Waals surface area contributed by atoms with Gasteiger partial charge in [-0.1, -0.05) is 47.0 Å². The van der Waals surface area contributed by atoms with Gasteiger partial charge in [0.15, 0.2) is 6.61 Å². The summed E-state index contributed by atoms with van der Waals surface area (Å²) in [6.45, 7) is 9.30. The number of carbonyl (C=O) groups excluding carboxylic acids is 2. The molecule has 1 N–H and O–H groups in total. The number of nitrogens with one attached hydrogen (secondary N) is 1. The lowest BCUT2D eigenvalue weighted by Gasteiger charge is -2.31. The Hall–Kier alpha value is -2.24. The Morgan fingerprint density at radius 2 is 1.73 bits per heavy atom. The number of hydrogen-bond acceptors (Lipinski definition) is 3. The average molecular weight is 451 g/mol. The van der Waals surface area contributed by atoms with Crippen molar-refractivity contribution in [1.29, 1.82) is 0 Å². The molecule has 30 heavy (non-hydrogen) atoms. The molecule has 0 saturated carbocycles. The normalized spacial score (nSPS) is 12.2. The summed E-state index contributed by atoms with van der Waals surface area (Å²) >= 11 is 12.3. The number of ether oxygens (including phenoxy) is 1. The molecule has 0 unspecified atom stereocenters. The zero-order valence-corrected chi connectivity index (χ0v) is 19.5. The standard InChI is InChI=1S/C23H28Cl2N2O3/c1-15-6-10-19(11-7-15)30-14-21(28)27(16(2)22(29)26-23(3,4)5)13-17-8-9-18(24)12-20(17)25/h6-12,16H,13-14H2,1-5H3,(H,26,29)/t16-/m1/s1. The van der Waals surface area contributed by atoms with Gasteiger partial charge in [-0.15, -0.1) is 0 Å². The molecule has 0 aromatic heterocycles. The Kier molecular flexibility index (Phi) is 8.16. The molecule has 0 saturated heterocycles. The van der Waals surface area contributed by atoms with Crippen LogP contribution in [0.1, 0.15) is 38.8 Å². The van der Waals surface area contributed by atoms with Gasteiger partial charge < -0.3 is 15.0 Å². The van der Waals surface area contributed by atoms with Gasteiger partial charge in [-0.3, -0.25) is 9.59 Å². The fourth-order valence-corrected chi connectivity index (χ4v) is 3.22. The molecule has 2 aromatic carbocycles. The predicted molar refractivity (Wildman–Crippen MR) is 121 cm³/mol. The number of nitrogens with zero attached hydrogens (tertiary/aromatic N) is 1. The fourth-order valence-electron chi connectivity index (χ4n) is 2.75. The SMILES string of the molecule is Cc1ccc(OCC(=O)N(Cc2ccc(Cl)cc2Cl)[C@H](C)C(=O)NC(C)(C)C)cc1. The Bertz CT molecular complexity index is 892. The van der Waals surface area contributed by atoms with Crippen LogP contribution >= 0.6 is 23.2 Å². The quantitative estimate of drug-likeness (QED) is 0.644. The van der Waals surface area contributed by atoms with E-state index < -0.39 is 11.6 Å². The van der Waals surface area contributed by atoms with Gasteiger partial charge in [-0.25, -0.2) is 0 Å². The molecule has 0 bridgehead atoms. The van der Waals surface area contributed by atoms with Gasteiger partial charge in [0.05, 0.1) is 0 Å². The van der Waals surface area contributed by atoms with E-state index in [1.807, 2.05) is 39.8 Å². The van der Waals surface area contributed by atoms with Crippen molar-refractivity contribution in [3.63, 3.8) is 0 Å². The molecule has 2 amide bonds. The summed E-state index contributed by atoms with van der Waals surface area (Å²) in [5.74, 6) is 0.0136. The molecule has 2 rings (SSSR count). The zero-order valence-electron chi connectivity index (χ0n) is 18.0. The van der Waals surface area contributed by atoms with Gasteiger partial charge in [-0.05, 0) is 64.4 Å². The van der Waals surface area contributed by atoms with Gasteiger partial charge >= 0.3 is 0 Å². The number of benzene rings is 2. The lowest BCUT2D eigenvalue weighted by Crippen LogP contribution is -2.53. The number of rotatable bonds is 7. The third-order valence-corrected chi connectivity index (χ3v) is 4.99. The first-order chi connectivity index (χ1) is 14.0. The van der Waals surface area contributed by atoms with Crippen LogP contribution in [0.3, 0.4) is 0 Å². The van der Waals surface area contributed by atoms with E-state index in [-0.39, 0.29) is 25.0 Å². The van der Waals surface area contributed by atoms with E-state index in [1.165, 1.54) is 4.90 Å². The Balaban J connectivity index is 2.21. The number of carbonyl (C=O) groups is 2. The molecule has 0 aliphatic heterocycles. The van der Waals surface area contributed by atoms with E-state index in [0.717, 1.165) is 5.56 Å². The molecule has 1 atom stereocenters. The lowest BCUT2D eigenvalue weighted by molar-refractivity contribution is -0.142. The molecule has 0 fully saturated rings. The zero-order chi connectivity index (χ0) is 22.5. The highest BCUT2D eigenvalue weighted by atomic mass is 35.5. The smallest absolute Gasteiger partial charge is 0.261 e. The molecule has 0 radical (unpaired) electrons. The molecule has 2 aromatic rings. The molecule has 0 aliphatic carbocycles. The summed E-state index contributed by atoms with van der Waals surface area (Å²) in [5.41, 5.74) is 1.37. The van der Waals surface area contributed by atoms with Gasteiger partial charge in [0.1, 0.15) is 11.8 Å². The maximum absolute atomic E-state index is 13.0. The second-order valence-corrected chi connectivity index (χ2v) is 9.12. The lowest BCUT2D eigenvalue weighted by atomic mass is 10.1. The van der Waals surface area contributed by atoms with Crippen LogP contribution in [0.2, 0.25) is 10.0 Å². The molecule has 5 nitrogen and oxygen atoms in total. The van der Waals surface area contributed by atoms with E-state index in [1.54, 1.807) is 37.3 Å². The van der Waals surface area contributed by atoms with Crippen molar-refractivity contribution in [2.24, 2.45) is 0 Å². The minimum Gasteiger partial charge on any atom is -0.484 e. The maximum atomic E-state index is 13.0. The Morgan fingerprint density at radius 3 is 2.30 bits per heavy atom. The van der Waals surface area contributed by atoms with Crippen molar-refractivity contribution in [2.75, 3.05) is 6.61 Å². The van der Waals surface area contributed by atoms with Crippen LogP contribution in [-0.4, -0.2) is 34.9 Å². The molecule has 162 valence electrons. The first-order valence-electron chi connectivity index (χ1n) is 9.71. The second-order valence-electron chi connectivity index (χ2n) is 8.27. The molecule has 7 heteroatoms. The number of hydrogen-bond donors (Lipinski definition) is 1. The van der Waals surface area contributed by atoms with Crippen LogP contribution < -0.4 is 10.1 Å². The highest BCUT2D eigenvalue weighted by Crippen LogP contribution is 2.23. The van der Waals surface area contributed by atoms with E-state index in [4.69, 9.17) is 27.9 Å². The highest BCUT2D eigenvalue weighted by molar-refractivity contribution is 6.35. The molecule has 0 aliphatic rings. The third-order valence-electron chi connectivity index (χ3n) is 4.40. The summed E-state index contributed by atoms with van der Waals surface area (Å²) in [7, 11) is 0. The van der Waals surface area contributed by atoms with Crippen molar-refractivity contribution >= 4 is 35.0 Å². The third kappa shape index (κ3) is 7.22. The Labute approximate surface area is 188 Å². The number of aryl methyl sites for hydroxylation is 1. The van der Waals surface area contributed by atoms with E-state index in [9.17, 15) is 9.59 Å². The van der Waals surface area contributed by atoms with Crippen molar-refractivity contribution in [2.45, 2.75) is 52.7 Å². The second kappa shape index (κ2) is 10.2. The first kappa shape index (κ1) is 24.0. The van der Waals surface area contributed by atoms with E-state index >= 15 is 0 Å². The summed E-state index contributed by atoms with van der Waals surface area (Å²) < 4.78 is 5.64. The fraction of sp³-hybridized carbons (Fsp3) is 0.391. The van der Waals surface area contributed by atoms with Crippen LogP contribution in [0.4, 0.5) is 0 Å². The largest absolute Gasteiger partial charge is 0.484 e. The summed E-state index contributed by atoms with van der Waals surface area (Å²) in [6.07, 6.45) is 0. The van der Waals surface area contributed by atoms with Crippen molar-refractivity contribution in [1.82, 2.24) is 10.2 Å². The predicted octanol–water partition coefficient (Wildman–Crippen LogP) is 5.01. The van der Waals surface area contributed by atoms with Crippen LogP contribution in [0.5, 0.6) is 5.75 Å². The molecule has 0 spiro atoms. The van der Waals surface area contributed by atoms with Crippen LogP contribution in [0.15, 0.2) is 42.5 Å². The monoisotopic (exact) mass is 450 g/mol. The minimum atomic E-state index is -0.718. The Morgan fingerprint density at radius 1 is 1.10 bits per heavy atom.